The Morgan fingerprint density at radius 3 is 2.66 bits per heavy atom. The number of carbonyl (C=O) groups is 1. The minimum absolute atomic E-state index is 0.641. The fourth-order valence-electron chi connectivity index (χ4n) is 2.52. The van der Waals surface area contributed by atoms with E-state index in [0.717, 1.165) is 27.8 Å². The first-order valence-electron chi connectivity index (χ1n) is 8.07. The molecule has 146 valence electrons. The summed E-state index contributed by atoms with van der Waals surface area (Å²) in [5.41, 5.74) is 4.39. The predicted molar refractivity (Wildman–Crippen MR) is 97.1 cm³/mol. The van der Waals surface area contributed by atoms with E-state index in [-0.39, 0.29) is 0 Å². The second-order valence-corrected chi connectivity index (χ2v) is 5.74. The number of aromatic nitrogens is 4. The van der Waals surface area contributed by atoms with E-state index in [1.54, 1.807) is 18.5 Å². The summed E-state index contributed by atoms with van der Waals surface area (Å²) in [5.74, 6) is -2.76. The number of alkyl halides is 3. The molecule has 0 aliphatic carbocycles. The standard InChI is InChI=1S/C17H11N5.C2HF3O2/c18-9-12-2-1-3-13(8-12)14-10-21-22(11-14)16-5-7-20-17-15(16)4-6-19-17;3-2(4,5)1(6)7/h1-8,10-11H,(H,19,20);(H,6,7). The van der Waals surface area contributed by atoms with Gasteiger partial charge in [-0.25, -0.2) is 14.5 Å². The van der Waals surface area contributed by atoms with Crippen LogP contribution in [-0.4, -0.2) is 37.0 Å². The first kappa shape index (κ1) is 19.6. The molecule has 29 heavy (non-hydrogen) atoms. The highest BCUT2D eigenvalue weighted by Crippen LogP contribution is 2.24. The molecular weight excluding hydrogens is 387 g/mol. The Balaban J connectivity index is 0.000000298. The van der Waals surface area contributed by atoms with Crippen molar-refractivity contribution in [3.8, 4) is 22.9 Å². The molecule has 0 atom stereocenters. The van der Waals surface area contributed by atoms with Crippen LogP contribution in [0.5, 0.6) is 0 Å². The summed E-state index contributed by atoms with van der Waals surface area (Å²) in [6.45, 7) is 0. The van der Waals surface area contributed by atoms with Crippen LogP contribution in [0.2, 0.25) is 0 Å². The number of rotatable bonds is 2. The van der Waals surface area contributed by atoms with Gasteiger partial charge < -0.3 is 10.1 Å². The highest BCUT2D eigenvalue weighted by atomic mass is 19.4. The molecule has 0 bridgehead atoms. The Kier molecular flexibility index (Phi) is 5.32. The number of hydrogen-bond donors (Lipinski definition) is 2. The van der Waals surface area contributed by atoms with E-state index in [1.807, 2.05) is 47.4 Å². The first-order valence-corrected chi connectivity index (χ1v) is 8.07. The van der Waals surface area contributed by atoms with E-state index in [9.17, 15) is 13.2 Å². The Morgan fingerprint density at radius 1 is 1.21 bits per heavy atom. The van der Waals surface area contributed by atoms with Crippen LogP contribution < -0.4 is 0 Å². The van der Waals surface area contributed by atoms with Crippen molar-refractivity contribution in [3.63, 3.8) is 0 Å². The molecule has 0 spiro atoms. The van der Waals surface area contributed by atoms with Crippen LogP contribution in [0.1, 0.15) is 5.56 Å². The summed E-state index contributed by atoms with van der Waals surface area (Å²) in [5, 5.41) is 21.6. The van der Waals surface area contributed by atoms with Crippen molar-refractivity contribution >= 4 is 17.0 Å². The van der Waals surface area contributed by atoms with Gasteiger partial charge in [0.05, 0.1) is 23.5 Å². The van der Waals surface area contributed by atoms with E-state index in [0.29, 0.717) is 5.56 Å². The maximum absolute atomic E-state index is 10.6. The smallest absolute Gasteiger partial charge is 0.475 e. The van der Waals surface area contributed by atoms with Crippen molar-refractivity contribution in [3.05, 3.63) is 66.7 Å². The van der Waals surface area contributed by atoms with Gasteiger partial charge in [-0.3, -0.25) is 0 Å². The zero-order valence-corrected chi connectivity index (χ0v) is 14.6. The molecule has 7 nitrogen and oxygen atoms in total. The van der Waals surface area contributed by atoms with E-state index in [4.69, 9.17) is 15.2 Å². The molecule has 4 aromatic rings. The van der Waals surface area contributed by atoms with Crippen molar-refractivity contribution in [1.29, 1.82) is 5.26 Å². The van der Waals surface area contributed by atoms with Gasteiger partial charge >= 0.3 is 12.1 Å². The van der Waals surface area contributed by atoms with Gasteiger partial charge in [0.1, 0.15) is 5.65 Å². The van der Waals surface area contributed by atoms with Crippen LogP contribution in [-0.2, 0) is 4.79 Å². The summed E-state index contributed by atoms with van der Waals surface area (Å²) in [7, 11) is 0. The molecule has 0 fully saturated rings. The number of aliphatic carboxylic acids is 1. The minimum Gasteiger partial charge on any atom is -0.475 e. The van der Waals surface area contributed by atoms with Gasteiger partial charge in [0.25, 0.3) is 0 Å². The Bertz CT molecular complexity index is 1200. The number of H-pyrrole nitrogens is 1. The van der Waals surface area contributed by atoms with Gasteiger partial charge in [-0.2, -0.15) is 23.5 Å². The van der Waals surface area contributed by atoms with Crippen LogP contribution in [0.15, 0.2) is 61.2 Å². The average molecular weight is 399 g/mol. The Morgan fingerprint density at radius 2 is 1.97 bits per heavy atom. The van der Waals surface area contributed by atoms with E-state index >= 15 is 0 Å². The quantitative estimate of drug-likeness (QED) is 0.531. The zero-order chi connectivity index (χ0) is 21.0. The second kappa shape index (κ2) is 7.85. The fourth-order valence-corrected chi connectivity index (χ4v) is 2.52. The lowest BCUT2D eigenvalue weighted by Gasteiger charge is -2.02. The lowest BCUT2D eigenvalue weighted by Crippen LogP contribution is -2.21. The summed E-state index contributed by atoms with van der Waals surface area (Å²) >= 11 is 0. The highest BCUT2D eigenvalue weighted by Gasteiger charge is 2.38. The molecule has 0 unspecified atom stereocenters. The van der Waals surface area contributed by atoms with Crippen LogP contribution >= 0.6 is 0 Å². The normalized spacial score (nSPS) is 10.8. The number of benzene rings is 1. The van der Waals surface area contributed by atoms with Crippen LogP contribution in [0.4, 0.5) is 13.2 Å². The number of hydrogen-bond acceptors (Lipinski definition) is 4. The SMILES string of the molecule is N#Cc1cccc(-c2cnn(-c3ccnc4[nH]ccc34)c2)c1.O=C(O)C(F)(F)F. The molecule has 0 amide bonds. The molecule has 0 aliphatic rings. The van der Waals surface area contributed by atoms with Gasteiger partial charge in [0.15, 0.2) is 0 Å². The lowest BCUT2D eigenvalue weighted by atomic mass is 10.1. The van der Waals surface area contributed by atoms with Crippen molar-refractivity contribution in [2.45, 2.75) is 6.18 Å². The van der Waals surface area contributed by atoms with Gasteiger partial charge in [0.2, 0.25) is 0 Å². The number of carboxylic acid groups (broad SMARTS) is 1. The number of aromatic amines is 1. The maximum Gasteiger partial charge on any atom is 0.490 e. The maximum atomic E-state index is 10.6. The van der Waals surface area contributed by atoms with Gasteiger partial charge in [-0.05, 0) is 29.8 Å². The summed E-state index contributed by atoms with van der Waals surface area (Å²) in [4.78, 5) is 16.3. The zero-order valence-electron chi connectivity index (χ0n) is 14.6. The first-order chi connectivity index (χ1) is 13.8. The number of pyridine rings is 1. The van der Waals surface area contributed by atoms with Crippen molar-refractivity contribution in [1.82, 2.24) is 19.7 Å². The topological polar surface area (TPSA) is 108 Å². The molecule has 1 aromatic carbocycles. The number of carboxylic acids is 1. The highest BCUT2D eigenvalue weighted by molar-refractivity contribution is 5.84. The average Bonchev–Trinajstić information content (AvgIpc) is 3.37. The third kappa shape index (κ3) is 4.41. The third-order valence-corrected chi connectivity index (χ3v) is 3.83. The monoisotopic (exact) mass is 399 g/mol. The summed E-state index contributed by atoms with van der Waals surface area (Å²) < 4.78 is 33.6. The predicted octanol–water partition coefficient (Wildman–Crippen LogP) is 3.92. The van der Waals surface area contributed by atoms with E-state index in [1.165, 1.54) is 0 Å². The fraction of sp³-hybridized carbons (Fsp3) is 0.0526. The number of nitrogens with zero attached hydrogens (tertiary/aromatic N) is 4. The second-order valence-electron chi connectivity index (χ2n) is 5.74. The summed E-state index contributed by atoms with van der Waals surface area (Å²) in [6.07, 6.45) is 2.29. The van der Waals surface area contributed by atoms with Crippen LogP contribution in [0, 0.1) is 11.3 Å². The van der Waals surface area contributed by atoms with Gasteiger partial charge in [-0.1, -0.05) is 12.1 Å². The molecule has 3 aromatic heterocycles. The number of nitriles is 1. The van der Waals surface area contributed by atoms with Gasteiger partial charge in [0, 0.05) is 29.5 Å². The number of halogens is 3. The molecular formula is C19H12F3N5O2. The van der Waals surface area contributed by atoms with Crippen LogP contribution in [0.25, 0.3) is 27.8 Å². The number of fused-ring (bicyclic) bond motifs is 1. The number of nitrogens with one attached hydrogen (secondary N) is 1. The van der Waals surface area contributed by atoms with Crippen molar-refractivity contribution < 1.29 is 23.1 Å². The van der Waals surface area contributed by atoms with E-state index < -0.39 is 12.1 Å². The van der Waals surface area contributed by atoms with Crippen molar-refractivity contribution in [2.24, 2.45) is 0 Å². The molecule has 3 heterocycles. The molecule has 0 radical (unpaired) electrons. The Hall–Kier alpha value is -4.13. The molecule has 2 N–H and O–H groups in total. The lowest BCUT2D eigenvalue weighted by molar-refractivity contribution is -0.192. The van der Waals surface area contributed by atoms with Crippen molar-refractivity contribution in [2.75, 3.05) is 0 Å². The molecule has 0 saturated carbocycles. The van der Waals surface area contributed by atoms with Gasteiger partial charge in [-0.15, -0.1) is 0 Å². The molecule has 4 rings (SSSR count). The Labute approximate surface area is 161 Å². The molecule has 0 saturated heterocycles. The largest absolute Gasteiger partial charge is 0.490 e. The molecule has 10 heteroatoms. The van der Waals surface area contributed by atoms with Crippen LogP contribution in [0.3, 0.4) is 0 Å². The third-order valence-electron chi connectivity index (χ3n) is 3.83. The minimum atomic E-state index is -5.08. The van der Waals surface area contributed by atoms with E-state index in [2.05, 4.69) is 21.1 Å². The molecule has 0 aliphatic heterocycles. The summed E-state index contributed by atoms with van der Waals surface area (Å²) in [6, 6.07) is 13.6.